The molecule has 0 N–H and O–H groups in total. The van der Waals surface area contributed by atoms with Crippen molar-refractivity contribution in [3.05, 3.63) is 72.3 Å². The minimum Gasteiger partial charge on any atom is -0.493 e. The van der Waals surface area contributed by atoms with Gasteiger partial charge in [-0.05, 0) is 24.3 Å². The molecule has 0 saturated carbocycles. The lowest BCUT2D eigenvalue weighted by Gasteiger charge is -2.06. The summed E-state index contributed by atoms with van der Waals surface area (Å²) in [6.45, 7) is 4.27. The van der Waals surface area contributed by atoms with Crippen LogP contribution in [0.2, 0.25) is 0 Å². The lowest BCUT2D eigenvalue weighted by molar-refractivity contribution is 0.102. The average molecular weight is 430 g/mol. The zero-order valence-corrected chi connectivity index (χ0v) is 17.6. The van der Waals surface area contributed by atoms with Crippen molar-refractivity contribution in [2.45, 2.75) is 11.7 Å². The molecule has 0 unspecified atom stereocenters. The average Bonchev–Trinajstić information content (AvgIpc) is 3.41. The van der Waals surface area contributed by atoms with Crippen molar-refractivity contribution in [1.82, 2.24) is 14.8 Å². The van der Waals surface area contributed by atoms with Crippen molar-refractivity contribution in [3.8, 4) is 23.4 Å². The molecular weight excluding hydrogens is 412 g/mol. The number of methoxy groups -OCH3 is 1. The van der Waals surface area contributed by atoms with Crippen LogP contribution >= 0.6 is 11.8 Å². The van der Waals surface area contributed by atoms with Crippen LogP contribution in [0.5, 0.6) is 5.75 Å². The molecule has 0 atom stereocenters. The standard InChI is InChI=1S/C23H18N4O3S/c1-3-11-27-22(20-12-17-5-4-6-19(29-2)21(17)30-20)25-26-23(27)31-14-18(28)16-9-7-15(13-24)8-10-16/h3-10,12H,1,11,14H2,2H3. The molecule has 31 heavy (non-hydrogen) atoms. The van der Waals surface area contributed by atoms with Crippen LogP contribution in [0.1, 0.15) is 15.9 Å². The number of thioether (sulfide) groups is 1. The van der Waals surface area contributed by atoms with E-state index >= 15 is 0 Å². The number of fused-ring (bicyclic) bond motifs is 1. The van der Waals surface area contributed by atoms with Gasteiger partial charge in [0, 0.05) is 17.5 Å². The molecule has 0 bridgehead atoms. The zero-order chi connectivity index (χ0) is 21.8. The summed E-state index contributed by atoms with van der Waals surface area (Å²) in [4.78, 5) is 12.5. The topological polar surface area (TPSA) is 93.9 Å². The van der Waals surface area contributed by atoms with Gasteiger partial charge in [-0.1, -0.05) is 42.1 Å². The Balaban J connectivity index is 1.59. The molecule has 2 aromatic carbocycles. The summed E-state index contributed by atoms with van der Waals surface area (Å²) < 4.78 is 13.2. The molecule has 2 aromatic heterocycles. The highest BCUT2D eigenvalue weighted by molar-refractivity contribution is 7.99. The van der Waals surface area contributed by atoms with E-state index in [4.69, 9.17) is 14.4 Å². The molecule has 2 heterocycles. The summed E-state index contributed by atoms with van der Waals surface area (Å²) in [5, 5.41) is 18.9. The molecular formula is C23H18N4O3S. The van der Waals surface area contributed by atoms with E-state index in [1.165, 1.54) is 11.8 Å². The number of carbonyl (C=O) groups excluding carboxylic acids is 1. The highest BCUT2D eigenvalue weighted by Crippen LogP contribution is 2.34. The first-order chi connectivity index (χ1) is 15.1. The Labute approximate surface area is 183 Å². The van der Waals surface area contributed by atoms with Crippen LogP contribution in [0.15, 0.2) is 70.8 Å². The Morgan fingerprint density at radius 3 is 2.81 bits per heavy atom. The van der Waals surface area contributed by atoms with Gasteiger partial charge in [0.2, 0.25) is 5.82 Å². The number of Topliss-reactive ketones (excluding diaryl/α,β-unsaturated/α-hetero) is 1. The molecule has 0 saturated heterocycles. The van der Waals surface area contributed by atoms with Crippen LogP contribution in [-0.4, -0.2) is 33.4 Å². The third kappa shape index (κ3) is 4.09. The van der Waals surface area contributed by atoms with Crippen LogP contribution < -0.4 is 4.74 Å². The van der Waals surface area contributed by atoms with E-state index in [1.807, 2.05) is 34.9 Å². The predicted molar refractivity (Wildman–Crippen MR) is 118 cm³/mol. The normalized spacial score (nSPS) is 10.7. The largest absolute Gasteiger partial charge is 0.493 e. The number of allylic oxidation sites excluding steroid dienone is 1. The van der Waals surface area contributed by atoms with Crippen molar-refractivity contribution in [2.24, 2.45) is 0 Å². The summed E-state index contributed by atoms with van der Waals surface area (Å²) in [6, 6.07) is 16.2. The number of rotatable bonds is 8. The first-order valence-corrected chi connectivity index (χ1v) is 10.4. The van der Waals surface area contributed by atoms with E-state index in [1.54, 1.807) is 37.5 Å². The second kappa shape index (κ2) is 8.90. The monoisotopic (exact) mass is 430 g/mol. The Bertz CT molecular complexity index is 1300. The number of hydrogen-bond acceptors (Lipinski definition) is 7. The van der Waals surface area contributed by atoms with Crippen LogP contribution in [0.3, 0.4) is 0 Å². The fourth-order valence-corrected chi connectivity index (χ4v) is 3.97. The number of nitriles is 1. The number of para-hydroxylation sites is 1. The molecule has 0 spiro atoms. The highest BCUT2D eigenvalue weighted by Gasteiger charge is 2.19. The van der Waals surface area contributed by atoms with Gasteiger partial charge in [-0.15, -0.1) is 16.8 Å². The number of nitrogens with zero attached hydrogens (tertiary/aromatic N) is 4. The van der Waals surface area contributed by atoms with E-state index < -0.39 is 0 Å². The fourth-order valence-electron chi connectivity index (χ4n) is 3.12. The van der Waals surface area contributed by atoms with E-state index in [9.17, 15) is 4.79 Å². The van der Waals surface area contributed by atoms with Gasteiger partial charge in [0.1, 0.15) is 0 Å². The quantitative estimate of drug-likeness (QED) is 0.226. The van der Waals surface area contributed by atoms with Gasteiger partial charge in [0.15, 0.2) is 28.0 Å². The maximum absolute atomic E-state index is 12.5. The number of carbonyl (C=O) groups is 1. The van der Waals surface area contributed by atoms with E-state index in [-0.39, 0.29) is 11.5 Å². The minimum atomic E-state index is -0.0577. The van der Waals surface area contributed by atoms with Gasteiger partial charge in [-0.3, -0.25) is 9.36 Å². The Morgan fingerprint density at radius 1 is 1.29 bits per heavy atom. The van der Waals surface area contributed by atoms with Crippen molar-refractivity contribution >= 4 is 28.5 Å². The van der Waals surface area contributed by atoms with Gasteiger partial charge in [-0.2, -0.15) is 5.26 Å². The smallest absolute Gasteiger partial charge is 0.200 e. The Morgan fingerprint density at radius 2 is 2.10 bits per heavy atom. The number of hydrogen-bond donors (Lipinski definition) is 0. The summed E-state index contributed by atoms with van der Waals surface area (Å²) >= 11 is 1.29. The molecule has 4 rings (SSSR count). The summed E-state index contributed by atoms with van der Waals surface area (Å²) in [6.07, 6.45) is 1.74. The molecule has 0 aliphatic rings. The summed E-state index contributed by atoms with van der Waals surface area (Å²) in [7, 11) is 1.59. The van der Waals surface area contributed by atoms with Gasteiger partial charge < -0.3 is 9.15 Å². The second-order valence-electron chi connectivity index (χ2n) is 6.60. The lowest BCUT2D eigenvalue weighted by Crippen LogP contribution is -2.05. The van der Waals surface area contributed by atoms with Crippen LogP contribution in [0, 0.1) is 11.3 Å². The van der Waals surface area contributed by atoms with Crippen molar-refractivity contribution in [1.29, 1.82) is 5.26 Å². The number of ketones is 1. The van der Waals surface area contributed by atoms with E-state index in [0.717, 1.165) is 5.39 Å². The van der Waals surface area contributed by atoms with Crippen LogP contribution in [0.25, 0.3) is 22.6 Å². The van der Waals surface area contributed by atoms with Gasteiger partial charge in [0.25, 0.3) is 0 Å². The van der Waals surface area contributed by atoms with E-state index in [0.29, 0.717) is 45.7 Å². The molecule has 4 aromatic rings. The van der Waals surface area contributed by atoms with Crippen molar-refractivity contribution < 1.29 is 13.9 Å². The predicted octanol–water partition coefficient (Wildman–Crippen LogP) is 4.73. The molecule has 7 nitrogen and oxygen atoms in total. The third-order valence-electron chi connectivity index (χ3n) is 4.65. The van der Waals surface area contributed by atoms with Gasteiger partial charge >= 0.3 is 0 Å². The molecule has 154 valence electrons. The van der Waals surface area contributed by atoms with Gasteiger partial charge in [-0.25, -0.2) is 0 Å². The molecule has 8 heteroatoms. The highest BCUT2D eigenvalue weighted by atomic mass is 32.2. The Kier molecular flexibility index (Phi) is 5.87. The number of ether oxygens (including phenoxy) is 1. The summed E-state index contributed by atoms with van der Waals surface area (Å²) in [5.41, 5.74) is 1.70. The Hall–Kier alpha value is -3.83. The molecule has 0 aliphatic carbocycles. The lowest BCUT2D eigenvalue weighted by atomic mass is 10.1. The fraction of sp³-hybridized carbons (Fsp3) is 0.130. The third-order valence-corrected chi connectivity index (χ3v) is 5.61. The minimum absolute atomic E-state index is 0.0577. The second-order valence-corrected chi connectivity index (χ2v) is 7.54. The number of aromatic nitrogens is 3. The molecule has 0 aliphatic heterocycles. The molecule has 0 radical (unpaired) electrons. The maximum atomic E-state index is 12.5. The first kappa shape index (κ1) is 20.4. The first-order valence-electron chi connectivity index (χ1n) is 9.41. The number of benzene rings is 2. The van der Waals surface area contributed by atoms with Gasteiger partial charge in [0.05, 0.1) is 24.5 Å². The SMILES string of the molecule is C=CCn1c(SCC(=O)c2ccc(C#N)cc2)nnc1-c1cc2cccc(OC)c2o1. The molecule has 0 amide bonds. The molecule has 0 fully saturated rings. The number of furan rings is 1. The van der Waals surface area contributed by atoms with E-state index in [2.05, 4.69) is 16.8 Å². The van der Waals surface area contributed by atoms with Crippen LogP contribution in [-0.2, 0) is 6.54 Å². The maximum Gasteiger partial charge on any atom is 0.200 e. The van der Waals surface area contributed by atoms with Crippen LogP contribution in [0.4, 0.5) is 0 Å². The summed E-state index contributed by atoms with van der Waals surface area (Å²) in [5.74, 6) is 1.87. The zero-order valence-electron chi connectivity index (χ0n) is 16.7. The van der Waals surface area contributed by atoms with Crippen molar-refractivity contribution in [2.75, 3.05) is 12.9 Å². The van der Waals surface area contributed by atoms with Crippen molar-refractivity contribution in [3.63, 3.8) is 0 Å².